The number of nitrogens with one attached hydrogen (secondary N) is 2. The zero-order valence-corrected chi connectivity index (χ0v) is 18.2. The van der Waals surface area contributed by atoms with Crippen LogP contribution < -0.4 is 10.6 Å². The van der Waals surface area contributed by atoms with E-state index in [0.29, 0.717) is 13.1 Å². The van der Waals surface area contributed by atoms with E-state index in [2.05, 4.69) is 30.8 Å². The first-order chi connectivity index (χ1) is 13.2. The highest BCUT2D eigenvalue weighted by Crippen LogP contribution is 2.09. The Morgan fingerprint density at radius 2 is 1.96 bits per heavy atom. The van der Waals surface area contributed by atoms with E-state index in [1.165, 1.54) is 18.5 Å². The summed E-state index contributed by atoms with van der Waals surface area (Å²) in [6, 6.07) is 8.21. The number of benzene rings is 1. The van der Waals surface area contributed by atoms with Crippen LogP contribution in [0.3, 0.4) is 0 Å². The van der Waals surface area contributed by atoms with Crippen LogP contribution in [0, 0.1) is 5.82 Å². The highest BCUT2D eigenvalue weighted by molar-refractivity contribution is 14.0. The Labute approximate surface area is 180 Å². The van der Waals surface area contributed by atoms with Gasteiger partial charge in [-0.2, -0.15) is 10.2 Å². The summed E-state index contributed by atoms with van der Waals surface area (Å²) in [5.41, 5.74) is 1.77. The summed E-state index contributed by atoms with van der Waals surface area (Å²) in [5, 5.41) is 15.1. The molecular formula is C18H24FIN8. The third-order valence-corrected chi connectivity index (χ3v) is 3.94. The van der Waals surface area contributed by atoms with Crippen molar-refractivity contribution < 1.29 is 4.39 Å². The predicted octanol–water partition coefficient (Wildman–Crippen LogP) is 2.06. The van der Waals surface area contributed by atoms with Gasteiger partial charge >= 0.3 is 0 Å². The molecule has 3 aromatic rings. The molecule has 0 aliphatic heterocycles. The van der Waals surface area contributed by atoms with Crippen LogP contribution >= 0.6 is 24.0 Å². The lowest BCUT2D eigenvalue weighted by Gasteiger charge is -2.10. The van der Waals surface area contributed by atoms with Crippen LogP contribution in [0.15, 0.2) is 47.8 Å². The van der Waals surface area contributed by atoms with Crippen molar-refractivity contribution in [2.45, 2.75) is 19.9 Å². The Hall–Kier alpha value is -2.50. The zero-order chi connectivity index (χ0) is 19.1. The van der Waals surface area contributed by atoms with Gasteiger partial charge in [-0.1, -0.05) is 0 Å². The molecule has 0 fully saturated rings. The molecule has 150 valence electrons. The highest BCUT2D eigenvalue weighted by atomic mass is 127. The molecule has 2 heterocycles. The minimum atomic E-state index is -0.258. The molecule has 0 bridgehead atoms. The molecule has 1 aromatic carbocycles. The Bertz CT molecular complexity index is 887. The molecule has 0 saturated carbocycles. The number of aromatic nitrogens is 5. The number of guanidine groups is 1. The molecule has 0 unspecified atom stereocenters. The molecule has 0 radical (unpaired) electrons. The summed E-state index contributed by atoms with van der Waals surface area (Å²) in [6.45, 7) is 3.92. The van der Waals surface area contributed by atoms with E-state index < -0.39 is 0 Å². The number of aliphatic imine (C=N–C) groups is 1. The van der Waals surface area contributed by atoms with Gasteiger partial charge in [-0.05, 0) is 37.3 Å². The third kappa shape index (κ3) is 6.01. The van der Waals surface area contributed by atoms with Crippen LogP contribution in [0.25, 0.3) is 5.69 Å². The van der Waals surface area contributed by atoms with Crippen LogP contribution in [-0.2, 0) is 20.0 Å². The van der Waals surface area contributed by atoms with Gasteiger partial charge in [0.05, 0.1) is 11.4 Å². The molecule has 0 atom stereocenters. The maximum Gasteiger partial charge on any atom is 0.191 e. The standard InChI is InChI=1S/C18H23FN8.HI/c1-3-20-18(22-12-17-23-13-24-26(17)2)21-10-8-15-9-11-27(25-15)16-6-4-14(19)5-7-16;/h4-7,9,11,13H,3,8,10,12H2,1-2H3,(H2,20,21,22);1H. The number of nitrogens with zero attached hydrogens (tertiary/aromatic N) is 6. The highest BCUT2D eigenvalue weighted by Gasteiger charge is 2.04. The second kappa shape index (κ2) is 10.7. The summed E-state index contributed by atoms with van der Waals surface area (Å²) in [7, 11) is 1.84. The number of hydrogen-bond acceptors (Lipinski definition) is 4. The monoisotopic (exact) mass is 498 g/mol. The van der Waals surface area contributed by atoms with E-state index in [1.54, 1.807) is 21.5 Å². The van der Waals surface area contributed by atoms with E-state index in [9.17, 15) is 4.39 Å². The Morgan fingerprint density at radius 3 is 2.64 bits per heavy atom. The lowest BCUT2D eigenvalue weighted by molar-refractivity contribution is 0.627. The number of rotatable bonds is 7. The van der Waals surface area contributed by atoms with Gasteiger partial charge in [-0.15, -0.1) is 24.0 Å². The van der Waals surface area contributed by atoms with E-state index in [1.807, 2.05) is 26.2 Å². The molecule has 0 spiro atoms. The molecule has 0 saturated heterocycles. The first kappa shape index (κ1) is 21.8. The topological polar surface area (TPSA) is 85.0 Å². The van der Waals surface area contributed by atoms with E-state index >= 15 is 0 Å². The van der Waals surface area contributed by atoms with Gasteiger partial charge in [-0.25, -0.2) is 19.0 Å². The lowest BCUT2D eigenvalue weighted by Crippen LogP contribution is -2.38. The van der Waals surface area contributed by atoms with Gasteiger partial charge in [0.25, 0.3) is 0 Å². The molecule has 2 N–H and O–H groups in total. The average molecular weight is 498 g/mol. The second-order valence-electron chi connectivity index (χ2n) is 5.90. The zero-order valence-electron chi connectivity index (χ0n) is 15.8. The summed E-state index contributed by atoms with van der Waals surface area (Å²) in [4.78, 5) is 8.68. The van der Waals surface area contributed by atoms with Gasteiger partial charge < -0.3 is 10.6 Å². The lowest BCUT2D eigenvalue weighted by atomic mass is 10.3. The van der Waals surface area contributed by atoms with Gasteiger partial charge in [0.2, 0.25) is 0 Å². The van der Waals surface area contributed by atoms with Crippen molar-refractivity contribution in [1.29, 1.82) is 0 Å². The van der Waals surface area contributed by atoms with E-state index in [-0.39, 0.29) is 29.8 Å². The van der Waals surface area contributed by atoms with Crippen LogP contribution in [0.2, 0.25) is 0 Å². The first-order valence-electron chi connectivity index (χ1n) is 8.81. The molecule has 28 heavy (non-hydrogen) atoms. The van der Waals surface area contributed by atoms with Gasteiger partial charge in [-0.3, -0.25) is 4.68 Å². The maximum atomic E-state index is 13.0. The van der Waals surface area contributed by atoms with E-state index in [4.69, 9.17) is 0 Å². The van der Waals surface area contributed by atoms with Crippen molar-refractivity contribution in [2.75, 3.05) is 13.1 Å². The Morgan fingerprint density at radius 1 is 1.18 bits per heavy atom. The maximum absolute atomic E-state index is 13.0. The molecule has 0 aliphatic rings. The number of hydrogen-bond donors (Lipinski definition) is 2. The van der Waals surface area contributed by atoms with E-state index in [0.717, 1.165) is 36.1 Å². The minimum absolute atomic E-state index is 0. The fourth-order valence-electron chi connectivity index (χ4n) is 2.50. The molecular weight excluding hydrogens is 474 g/mol. The van der Waals surface area contributed by atoms with Crippen molar-refractivity contribution >= 4 is 29.9 Å². The smallest absolute Gasteiger partial charge is 0.191 e. The number of aryl methyl sites for hydroxylation is 1. The van der Waals surface area contributed by atoms with Crippen molar-refractivity contribution in [3.8, 4) is 5.69 Å². The van der Waals surface area contributed by atoms with Crippen LogP contribution in [0.5, 0.6) is 0 Å². The van der Waals surface area contributed by atoms with Crippen molar-refractivity contribution in [3.63, 3.8) is 0 Å². The summed E-state index contributed by atoms with van der Waals surface area (Å²) in [5.74, 6) is 1.26. The van der Waals surface area contributed by atoms with Crippen LogP contribution in [0.1, 0.15) is 18.4 Å². The summed E-state index contributed by atoms with van der Waals surface area (Å²) in [6.07, 6.45) is 4.13. The van der Waals surface area contributed by atoms with Crippen molar-refractivity contribution in [2.24, 2.45) is 12.0 Å². The fourth-order valence-corrected chi connectivity index (χ4v) is 2.50. The third-order valence-electron chi connectivity index (χ3n) is 3.94. The quantitative estimate of drug-likeness (QED) is 0.296. The fraction of sp³-hybridized carbons (Fsp3) is 0.333. The summed E-state index contributed by atoms with van der Waals surface area (Å²) >= 11 is 0. The SMILES string of the molecule is CCNC(=NCc1ncnn1C)NCCc1ccn(-c2ccc(F)cc2)n1.I. The predicted molar refractivity (Wildman–Crippen MR) is 116 cm³/mol. The molecule has 10 heteroatoms. The minimum Gasteiger partial charge on any atom is -0.357 e. The average Bonchev–Trinajstić information content (AvgIpc) is 3.29. The van der Waals surface area contributed by atoms with Gasteiger partial charge in [0.1, 0.15) is 24.5 Å². The largest absolute Gasteiger partial charge is 0.357 e. The Kier molecular flexibility index (Phi) is 8.36. The Balaban J connectivity index is 0.00000280. The van der Waals surface area contributed by atoms with Crippen LogP contribution in [-0.4, -0.2) is 43.6 Å². The molecule has 0 amide bonds. The summed E-state index contributed by atoms with van der Waals surface area (Å²) < 4.78 is 16.5. The van der Waals surface area contributed by atoms with Crippen molar-refractivity contribution in [1.82, 2.24) is 35.2 Å². The number of halogens is 2. The second-order valence-corrected chi connectivity index (χ2v) is 5.90. The molecule has 2 aromatic heterocycles. The van der Waals surface area contributed by atoms with Crippen LogP contribution in [0.4, 0.5) is 4.39 Å². The molecule has 0 aliphatic carbocycles. The van der Waals surface area contributed by atoms with Gasteiger partial charge in [0.15, 0.2) is 5.96 Å². The molecule has 3 rings (SSSR count). The molecule has 8 nitrogen and oxygen atoms in total. The van der Waals surface area contributed by atoms with Crippen molar-refractivity contribution in [3.05, 3.63) is 60.2 Å². The normalized spacial score (nSPS) is 11.2. The first-order valence-corrected chi connectivity index (χ1v) is 8.81. The van der Waals surface area contributed by atoms with Gasteiger partial charge in [0, 0.05) is 32.8 Å².